The average Bonchev–Trinajstić information content (AvgIpc) is 2.03. The highest BCUT2D eigenvalue weighted by Crippen LogP contribution is 2.14. The van der Waals surface area contributed by atoms with E-state index >= 15 is 0 Å². The van der Waals surface area contributed by atoms with E-state index in [1.807, 2.05) is 6.08 Å². The molecule has 0 saturated heterocycles. The maximum atomic E-state index is 12.6. The Kier molecular flexibility index (Phi) is 5.69. The second-order valence-electron chi connectivity index (χ2n) is 3.53. The molecule has 0 aliphatic heterocycles. The minimum atomic E-state index is -0.147. The van der Waals surface area contributed by atoms with Crippen LogP contribution in [0.3, 0.4) is 0 Å². The minimum absolute atomic E-state index is 0.147. The average molecular weight is 170 g/mol. The van der Waals surface area contributed by atoms with Crippen LogP contribution in [0.1, 0.15) is 34.1 Å². The standard InChI is InChI=1S/C11H19F/c1-5-11(12)8-6-7-10(4)9(2)3/h5-6,8-10H,7H2,1-4H3. The molecule has 0 radical (unpaired) electrons. The molecule has 0 aromatic carbocycles. The Labute approximate surface area is 75.2 Å². The Bertz CT molecular complexity index is 166. The van der Waals surface area contributed by atoms with Crippen molar-refractivity contribution in [2.75, 3.05) is 0 Å². The van der Waals surface area contributed by atoms with Crippen molar-refractivity contribution >= 4 is 0 Å². The molecular weight excluding hydrogens is 151 g/mol. The summed E-state index contributed by atoms with van der Waals surface area (Å²) < 4.78 is 12.6. The smallest absolute Gasteiger partial charge is 0.118 e. The molecule has 1 atom stereocenters. The van der Waals surface area contributed by atoms with Gasteiger partial charge in [-0.2, -0.15) is 0 Å². The summed E-state index contributed by atoms with van der Waals surface area (Å²) in [4.78, 5) is 0. The van der Waals surface area contributed by atoms with E-state index in [0.717, 1.165) is 6.42 Å². The molecule has 0 aromatic rings. The zero-order valence-corrected chi connectivity index (χ0v) is 8.47. The van der Waals surface area contributed by atoms with Crippen molar-refractivity contribution < 1.29 is 4.39 Å². The van der Waals surface area contributed by atoms with Gasteiger partial charge < -0.3 is 0 Å². The molecule has 1 unspecified atom stereocenters. The summed E-state index contributed by atoms with van der Waals surface area (Å²) in [6.45, 7) is 8.25. The summed E-state index contributed by atoms with van der Waals surface area (Å²) >= 11 is 0. The van der Waals surface area contributed by atoms with Crippen LogP contribution in [0, 0.1) is 11.8 Å². The van der Waals surface area contributed by atoms with Crippen molar-refractivity contribution in [3.05, 3.63) is 24.1 Å². The van der Waals surface area contributed by atoms with Crippen LogP contribution in [0.5, 0.6) is 0 Å². The van der Waals surface area contributed by atoms with Crippen LogP contribution in [-0.4, -0.2) is 0 Å². The van der Waals surface area contributed by atoms with E-state index in [0.29, 0.717) is 11.8 Å². The molecule has 0 aliphatic rings. The lowest BCUT2D eigenvalue weighted by molar-refractivity contribution is 0.424. The van der Waals surface area contributed by atoms with Gasteiger partial charge in [0.15, 0.2) is 0 Å². The third-order valence-corrected chi connectivity index (χ3v) is 2.20. The molecule has 0 N–H and O–H groups in total. The Morgan fingerprint density at radius 1 is 1.33 bits per heavy atom. The predicted molar refractivity (Wildman–Crippen MR) is 52.6 cm³/mol. The summed E-state index contributed by atoms with van der Waals surface area (Å²) in [5, 5.41) is 0. The molecule has 0 aliphatic carbocycles. The molecule has 0 saturated carbocycles. The fourth-order valence-corrected chi connectivity index (χ4v) is 0.764. The van der Waals surface area contributed by atoms with Crippen molar-refractivity contribution in [2.24, 2.45) is 11.8 Å². The van der Waals surface area contributed by atoms with Crippen LogP contribution in [0.4, 0.5) is 4.39 Å². The fraction of sp³-hybridized carbons (Fsp3) is 0.636. The summed E-state index contributed by atoms with van der Waals surface area (Å²) in [6, 6.07) is 0. The van der Waals surface area contributed by atoms with E-state index in [1.54, 1.807) is 13.0 Å². The highest BCUT2D eigenvalue weighted by Gasteiger charge is 2.03. The Morgan fingerprint density at radius 3 is 2.33 bits per heavy atom. The summed E-state index contributed by atoms with van der Waals surface area (Å²) in [6.07, 6.45) is 5.87. The molecule has 0 rings (SSSR count). The maximum Gasteiger partial charge on any atom is 0.118 e. The first-order chi connectivity index (χ1) is 5.57. The monoisotopic (exact) mass is 170 g/mol. The van der Waals surface area contributed by atoms with Crippen molar-refractivity contribution in [1.29, 1.82) is 0 Å². The second kappa shape index (κ2) is 5.99. The van der Waals surface area contributed by atoms with Crippen LogP contribution in [-0.2, 0) is 0 Å². The van der Waals surface area contributed by atoms with Gasteiger partial charge in [0.1, 0.15) is 5.83 Å². The van der Waals surface area contributed by atoms with Crippen molar-refractivity contribution in [3.8, 4) is 0 Å². The molecule has 1 heteroatoms. The quantitative estimate of drug-likeness (QED) is 0.557. The normalized spacial score (nSPS) is 16.0. The van der Waals surface area contributed by atoms with E-state index in [4.69, 9.17) is 0 Å². The molecule has 12 heavy (non-hydrogen) atoms. The van der Waals surface area contributed by atoms with E-state index in [1.165, 1.54) is 6.08 Å². The van der Waals surface area contributed by atoms with Gasteiger partial charge in [0, 0.05) is 0 Å². The van der Waals surface area contributed by atoms with Gasteiger partial charge in [0.05, 0.1) is 0 Å². The third-order valence-electron chi connectivity index (χ3n) is 2.20. The van der Waals surface area contributed by atoms with E-state index in [9.17, 15) is 4.39 Å². The van der Waals surface area contributed by atoms with Crippen LogP contribution in [0.2, 0.25) is 0 Å². The van der Waals surface area contributed by atoms with Crippen LogP contribution in [0.25, 0.3) is 0 Å². The lowest BCUT2D eigenvalue weighted by Gasteiger charge is -2.11. The second-order valence-corrected chi connectivity index (χ2v) is 3.53. The minimum Gasteiger partial charge on any atom is -0.207 e. The lowest BCUT2D eigenvalue weighted by atomic mass is 9.95. The van der Waals surface area contributed by atoms with Crippen molar-refractivity contribution in [1.82, 2.24) is 0 Å². The third kappa shape index (κ3) is 5.11. The lowest BCUT2D eigenvalue weighted by Crippen LogP contribution is -2.01. The first kappa shape index (κ1) is 11.4. The van der Waals surface area contributed by atoms with Gasteiger partial charge in [-0.05, 0) is 31.3 Å². The van der Waals surface area contributed by atoms with Gasteiger partial charge in [0.25, 0.3) is 0 Å². The highest BCUT2D eigenvalue weighted by molar-refractivity contribution is 5.09. The first-order valence-corrected chi connectivity index (χ1v) is 4.56. The topological polar surface area (TPSA) is 0 Å². The molecule has 0 bridgehead atoms. The van der Waals surface area contributed by atoms with Gasteiger partial charge >= 0.3 is 0 Å². The van der Waals surface area contributed by atoms with Gasteiger partial charge in [-0.1, -0.05) is 32.9 Å². The Morgan fingerprint density at radius 2 is 1.92 bits per heavy atom. The molecule has 0 aromatic heterocycles. The van der Waals surface area contributed by atoms with Gasteiger partial charge in [0.2, 0.25) is 0 Å². The fourth-order valence-electron chi connectivity index (χ4n) is 0.764. The van der Waals surface area contributed by atoms with Crippen molar-refractivity contribution in [3.63, 3.8) is 0 Å². The van der Waals surface area contributed by atoms with E-state index < -0.39 is 0 Å². The number of allylic oxidation sites excluding steroid dienone is 4. The highest BCUT2D eigenvalue weighted by atomic mass is 19.1. The molecule has 0 amide bonds. The molecular formula is C11H19F. The van der Waals surface area contributed by atoms with Gasteiger partial charge in [-0.3, -0.25) is 0 Å². The maximum absolute atomic E-state index is 12.6. The predicted octanol–water partition coefficient (Wildman–Crippen LogP) is 4.10. The first-order valence-electron chi connectivity index (χ1n) is 4.56. The molecule has 0 heterocycles. The van der Waals surface area contributed by atoms with Crippen molar-refractivity contribution in [2.45, 2.75) is 34.1 Å². The van der Waals surface area contributed by atoms with Crippen LogP contribution in [0.15, 0.2) is 24.1 Å². The Hall–Kier alpha value is -0.590. The van der Waals surface area contributed by atoms with Gasteiger partial charge in [-0.25, -0.2) is 4.39 Å². The molecule has 0 fully saturated rings. The summed E-state index contributed by atoms with van der Waals surface area (Å²) in [5.74, 6) is 1.15. The molecule has 0 nitrogen and oxygen atoms in total. The zero-order valence-electron chi connectivity index (χ0n) is 8.47. The number of rotatable bonds is 4. The largest absolute Gasteiger partial charge is 0.207 e. The number of halogens is 1. The SMILES string of the molecule is CC=C(F)C=CCC(C)C(C)C. The van der Waals surface area contributed by atoms with E-state index in [2.05, 4.69) is 20.8 Å². The summed E-state index contributed by atoms with van der Waals surface area (Å²) in [7, 11) is 0. The zero-order chi connectivity index (χ0) is 9.56. The van der Waals surface area contributed by atoms with Crippen LogP contribution >= 0.6 is 0 Å². The molecule has 0 spiro atoms. The van der Waals surface area contributed by atoms with Gasteiger partial charge in [-0.15, -0.1) is 0 Å². The Balaban J connectivity index is 3.75. The molecule has 70 valence electrons. The van der Waals surface area contributed by atoms with Crippen LogP contribution < -0.4 is 0 Å². The number of hydrogen-bond acceptors (Lipinski definition) is 0. The number of hydrogen-bond donors (Lipinski definition) is 0. The summed E-state index contributed by atoms with van der Waals surface area (Å²) in [5.41, 5.74) is 0. The van der Waals surface area contributed by atoms with E-state index in [-0.39, 0.29) is 5.83 Å².